The molecule has 0 saturated heterocycles. The summed E-state index contributed by atoms with van der Waals surface area (Å²) in [5.41, 5.74) is 2.91. The van der Waals surface area contributed by atoms with Gasteiger partial charge in [0.25, 0.3) is 0 Å². The third-order valence-electron chi connectivity index (χ3n) is 2.96. The molecule has 3 N–H and O–H groups in total. The van der Waals surface area contributed by atoms with Crippen molar-refractivity contribution < 1.29 is 9.21 Å². The van der Waals surface area contributed by atoms with Gasteiger partial charge in [0, 0.05) is 5.56 Å². The predicted octanol–water partition coefficient (Wildman–Crippen LogP) is 1.81. The van der Waals surface area contributed by atoms with Crippen LogP contribution in [0.5, 0.6) is 0 Å². The number of hydrogen-bond acceptors (Lipinski definition) is 4. The van der Waals surface area contributed by atoms with Gasteiger partial charge < -0.3 is 4.42 Å². The third kappa shape index (κ3) is 3.85. The lowest BCUT2D eigenvalue weighted by atomic mass is 10.2. The molecule has 5 nitrogen and oxygen atoms in total. The second-order valence-corrected chi connectivity index (χ2v) is 4.42. The van der Waals surface area contributed by atoms with Crippen molar-refractivity contribution in [2.75, 3.05) is 13.1 Å². The van der Waals surface area contributed by atoms with Gasteiger partial charge in [-0.05, 0) is 32.5 Å². The summed E-state index contributed by atoms with van der Waals surface area (Å²) in [6.45, 7) is 8.89. The number of hydrazine groups is 1. The molecule has 0 aromatic carbocycles. The number of furan rings is 1. The topological polar surface area (TPSA) is 71.5 Å². The highest BCUT2D eigenvalue weighted by atomic mass is 16.4. The van der Waals surface area contributed by atoms with E-state index in [-0.39, 0.29) is 5.91 Å². The van der Waals surface area contributed by atoms with Gasteiger partial charge >= 0.3 is 5.91 Å². The lowest BCUT2D eigenvalue weighted by Crippen LogP contribution is -2.30. The van der Waals surface area contributed by atoms with Crippen LogP contribution in [0, 0.1) is 6.92 Å². The third-order valence-corrected chi connectivity index (χ3v) is 2.96. The van der Waals surface area contributed by atoms with Gasteiger partial charge in [-0.15, -0.1) is 0 Å². The Hall–Kier alpha value is -1.33. The normalized spacial score (nSPS) is 10.9. The van der Waals surface area contributed by atoms with E-state index in [1.807, 2.05) is 13.0 Å². The Morgan fingerprint density at radius 1 is 1.50 bits per heavy atom. The van der Waals surface area contributed by atoms with Gasteiger partial charge in [0.15, 0.2) is 5.76 Å². The fourth-order valence-corrected chi connectivity index (χ4v) is 1.87. The molecule has 0 radical (unpaired) electrons. The number of unbranched alkanes of at least 4 members (excludes halogenated alkanes) is 1. The van der Waals surface area contributed by atoms with E-state index in [4.69, 9.17) is 10.3 Å². The molecule has 5 heteroatoms. The second-order valence-electron chi connectivity index (χ2n) is 4.42. The highest BCUT2D eigenvalue weighted by Gasteiger charge is 2.15. The van der Waals surface area contributed by atoms with Crippen LogP contribution in [-0.4, -0.2) is 23.9 Å². The predicted molar refractivity (Wildman–Crippen MR) is 71.0 cm³/mol. The molecule has 0 saturated carbocycles. The van der Waals surface area contributed by atoms with E-state index >= 15 is 0 Å². The Morgan fingerprint density at radius 3 is 2.78 bits per heavy atom. The Bertz CT molecular complexity index is 388. The van der Waals surface area contributed by atoms with Crippen LogP contribution in [0.2, 0.25) is 0 Å². The minimum atomic E-state index is -0.379. The summed E-state index contributed by atoms with van der Waals surface area (Å²) in [6.07, 6.45) is 2.35. The SMILES string of the molecule is CCCCN(CC)Cc1cc(C)c(C(=O)NN)o1. The van der Waals surface area contributed by atoms with Gasteiger partial charge in [0.1, 0.15) is 5.76 Å². The van der Waals surface area contributed by atoms with Gasteiger partial charge in [0.05, 0.1) is 6.54 Å². The lowest BCUT2D eigenvalue weighted by Gasteiger charge is -2.18. The van der Waals surface area contributed by atoms with Gasteiger partial charge in [-0.1, -0.05) is 20.3 Å². The van der Waals surface area contributed by atoms with Crippen LogP contribution >= 0.6 is 0 Å². The Kier molecular flexibility index (Phi) is 5.88. The number of aryl methyl sites for hydroxylation is 1. The maximum atomic E-state index is 11.4. The number of nitrogens with one attached hydrogen (secondary N) is 1. The average Bonchev–Trinajstić information content (AvgIpc) is 2.74. The molecule has 0 aliphatic rings. The molecule has 18 heavy (non-hydrogen) atoms. The average molecular weight is 253 g/mol. The Balaban J connectivity index is 2.69. The molecule has 1 heterocycles. The molecule has 0 fully saturated rings. The zero-order valence-corrected chi connectivity index (χ0v) is 11.5. The maximum Gasteiger partial charge on any atom is 0.301 e. The molecule has 102 valence electrons. The van der Waals surface area contributed by atoms with E-state index in [1.165, 1.54) is 12.8 Å². The van der Waals surface area contributed by atoms with Gasteiger partial charge in [-0.3, -0.25) is 15.1 Å². The maximum absolute atomic E-state index is 11.4. The standard InChI is InChI=1S/C13H23N3O2/c1-4-6-7-16(5-2)9-11-8-10(3)12(18-11)13(17)15-14/h8H,4-7,9,14H2,1-3H3,(H,15,17). The first-order chi connectivity index (χ1) is 8.62. The molecule has 1 aromatic rings. The molecule has 0 unspecified atom stereocenters. The van der Waals surface area contributed by atoms with Crippen molar-refractivity contribution >= 4 is 5.91 Å². The van der Waals surface area contributed by atoms with Crippen LogP contribution < -0.4 is 11.3 Å². The van der Waals surface area contributed by atoms with Crippen molar-refractivity contribution in [2.24, 2.45) is 5.84 Å². The lowest BCUT2D eigenvalue weighted by molar-refractivity contribution is 0.0921. The Labute approximate surface area is 108 Å². The zero-order chi connectivity index (χ0) is 13.5. The van der Waals surface area contributed by atoms with Crippen molar-refractivity contribution in [1.82, 2.24) is 10.3 Å². The first-order valence-corrected chi connectivity index (χ1v) is 6.44. The molecule has 1 aromatic heterocycles. The molecular formula is C13H23N3O2. The van der Waals surface area contributed by atoms with Crippen molar-refractivity contribution in [3.63, 3.8) is 0 Å². The summed E-state index contributed by atoms with van der Waals surface area (Å²) in [5, 5.41) is 0. The quantitative estimate of drug-likeness (QED) is 0.441. The van der Waals surface area contributed by atoms with E-state index in [0.717, 1.165) is 31.0 Å². The molecule has 0 bridgehead atoms. The van der Waals surface area contributed by atoms with Crippen LogP contribution in [0.4, 0.5) is 0 Å². The van der Waals surface area contributed by atoms with Crippen molar-refractivity contribution in [1.29, 1.82) is 0 Å². The van der Waals surface area contributed by atoms with Gasteiger partial charge in [-0.25, -0.2) is 5.84 Å². The van der Waals surface area contributed by atoms with E-state index in [2.05, 4.69) is 24.2 Å². The fourth-order valence-electron chi connectivity index (χ4n) is 1.87. The monoisotopic (exact) mass is 253 g/mol. The summed E-state index contributed by atoms with van der Waals surface area (Å²) in [4.78, 5) is 13.7. The minimum absolute atomic E-state index is 0.305. The minimum Gasteiger partial charge on any atom is -0.454 e. The first kappa shape index (κ1) is 14.7. The number of amides is 1. The smallest absolute Gasteiger partial charge is 0.301 e. The summed E-state index contributed by atoms with van der Waals surface area (Å²) in [6, 6.07) is 1.90. The van der Waals surface area contributed by atoms with Crippen LogP contribution in [0.25, 0.3) is 0 Å². The van der Waals surface area contributed by atoms with E-state index < -0.39 is 0 Å². The zero-order valence-electron chi connectivity index (χ0n) is 11.5. The number of nitrogen functional groups attached to an aromatic ring is 1. The van der Waals surface area contributed by atoms with Crippen molar-refractivity contribution in [3.8, 4) is 0 Å². The molecule has 0 aliphatic carbocycles. The summed E-state index contributed by atoms with van der Waals surface area (Å²) >= 11 is 0. The van der Waals surface area contributed by atoms with Crippen molar-refractivity contribution in [2.45, 2.75) is 40.2 Å². The van der Waals surface area contributed by atoms with Crippen LogP contribution in [0.3, 0.4) is 0 Å². The number of rotatable bonds is 7. The largest absolute Gasteiger partial charge is 0.454 e. The number of carbonyl (C=O) groups excluding carboxylic acids is 1. The van der Waals surface area contributed by atoms with Crippen LogP contribution in [0.1, 0.15) is 48.6 Å². The van der Waals surface area contributed by atoms with Crippen LogP contribution in [-0.2, 0) is 6.54 Å². The van der Waals surface area contributed by atoms with Gasteiger partial charge in [0.2, 0.25) is 0 Å². The number of nitrogens with zero attached hydrogens (tertiary/aromatic N) is 1. The summed E-state index contributed by atoms with van der Waals surface area (Å²) in [7, 11) is 0. The van der Waals surface area contributed by atoms with E-state index in [9.17, 15) is 4.79 Å². The summed E-state index contributed by atoms with van der Waals surface area (Å²) in [5.74, 6) is 5.84. The molecule has 0 spiro atoms. The Morgan fingerprint density at radius 2 is 2.22 bits per heavy atom. The molecule has 1 amide bonds. The molecule has 0 atom stereocenters. The van der Waals surface area contributed by atoms with E-state index in [1.54, 1.807) is 0 Å². The van der Waals surface area contributed by atoms with Crippen LogP contribution in [0.15, 0.2) is 10.5 Å². The van der Waals surface area contributed by atoms with Crippen molar-refractivity contribution in [3.05, 3.63) is 23.2 Å². The number of nitrogens with two attached hydrogens (primary N) is 1. The fraction of sp³-hybridized carbons (Fsp3) is 0.615. The highest BCUT2D eigenvalue weighted by molar-refractivity contribution is 5.92. The first-order valence-electron chi connectivity index (χ1n) is 6.44. The second kappa shape index (κ2) is 7.18. The van der Waals surface area contributed by atoms with Gasteiger partial charge in [-0.2, -0.15) is 0 Å². The number of carbonyl (C=O) groups is 1. The van der Waals surface area contributed by atoms with E-state index in [0.29, 0.717) is 5.76 Å². The molecule has 0 aliphatic heterocycles. The molecular weight excluding hydrogens is 230 g/mol. The number of hydrogen-bond donors (Lipinski definition) is 2. The highest BCUT2D eigenvalue weighted by Crippen LogP contribution is 2.16. The molecule has 1 rings (SSSR count). The summed E-state index contributed by atoms with van der Waals surface area (Å²) < 4.78 is 5.55.